The molecule has 1 aromatic carbocycles. The summed E-state index contributed by atoms with van der Waals surface area (Å²) in [7, 11) is 3.00. The Morgan fingerprint density at radius 2 is 1.89 bits per heavy atom. The maximum absolute atomic E-state index is 13.8. The number of aliphatic hydroxyl groups is 1. The summed E-state index contributed by atoms with van der Waals surface area (Å²) in [5.74, 6) is -0.795. The van der Waals surface area contributed by atoms with Gasteiger partial charge in [0.1, 0.15) is 17.7 Å². The summed E-state index contributed by atoms with van der Waals surface area (Å²) >= 11 is 0. The predicted octanol–water partition coefficient (Wildman–Crippen LogP) is 5.43. The number of rotatable bonds is 14. The van der Waals surface area contributed by atoms with Crippen LogP contribution in [0.2, 0.25) is 0 Å². The number of methoxy groups -OCH3 is 2. The summed E-state index contributed by atoms with van der Waals surface area (Å²) in [6.07, 6.45) is 3.20. The third-order valence-electron chi connectivity index (χ3n) is 9.99. The highest BCUT2D eigenvalue weighted by molar-refractivity contribution is 5.93. The third kappa shape index (κ3) is 9.37. The zero-order valence-electron chi connectivity index (χ0n) is 32.7. The maximum Gasteiger partial charge on any atom is 0.408 e. The van der Waals surface area contributed by atoms with Gasteiger partial charge in [-0.15, -0.1) is 0 Å². The van der Waals surface area contributed by atoms with E-state index in [-0.39, 0.29) is 36.8 Å². The quantitative estimate of drug-likeness (QED) is 0.183. The molecule has 13 nitrogen and oxygen atoms in total. The molecule has 5 rings (SSSR count). The van der Waals surface area contributed by atoms with E-state index in [9.17, 15) is 19.5 Å². The van der Waals surface area contributed by atoms with E-state index in [0.29, 0.717) is 25.8 Å². The van der Waals surface area contributed by atoms with E-state index < -0.39 is 35.7 Å². The summed E-state index contributed by atoms with van der Waals surface area (Å²) < 4.78 is 24.7. The molecule has 53 heavy (non-hydrogen) atoms. The number of alkyl carbamates (subject to hydrolysis) is 1. The number of nitrogens with one attached hydrogen (secondary N) is 2. The van der Waals surface area contributed by atoms with Crippen molar-refractivity contribution in [1.29, 1.82) is 0 Å². The van der Waals surface area contributed by atoms with Crippen LogP contribution in [0.4, 0.5) is 4.79 Å². The lowest BCUT2D eigenvalue weighted by atomic mass is 9.84. The molecule has 1 aliphatic carbocycles. The van der Waals surface area contributed by atoms with Crippen molar-refractivity contribution in [1.82, 2.24) is 25.3 Å². The fraction of sp³-hybridized carbons (Fsp3) is 0.600. The number of benzene rings is 1. The van der Waals surface area contributed by atoms with Crippen molar-refractivity contribution in [3.8, 4) is 11.3 Å². The number of hydrazine groups is 1. The fourth-order valence-electron chi connectivity index (χ4n) is 7.07. The molecule has 290 valence electrons. The highest BCUT2D eigenvalue weighted by Crippen LogP contribution is 2.46. The van der Waals surface area contributed by atoms with Gasteiger partial charge in [-0.05, 0) is 101 Å². The zero-order valence-corrected chi connectivity index (χ0v) is 32.7. The van der Waals surface area contributed by atoms with Crippen molar-refractivity contribution < 1.29 is 38.4 Å². The van der Waals surface area contributed by atoms with Crippen LogP contribution >= 0.6 is 0 Å². The van der Waals surface area contributed by atoms with Crippen LogP contribution < -0.4 is 10.7 Å². The smallest absolute Gasteiger partial charge is 0.408 e. The number of aliphatic hydroxyl groups excluding tert-OH is 1. The number of carbonyl (C=O) groups excluding carboxylic acids is 3. The first-order valence-electron chi connectivity index (χ1n) is 18.6. The molecule has 3 N–H and O–H groups in total. The number of fused-ring (bicyclic) bond motifs is 1. The molecule has 2 aromatic heterocycles. The Labute approximate surface area is 312 Å². The van der Waals surface area contributed by atoms with E-state index in [1.807, 2.05) is 13.0 Å². The Balaban J connectivity index is 1.42. The van der Waals surface area contributed by atoms with Gasteiger partial charge in [0, 0.05) is 55.4 Å². The number of aromatic nitrogens is 2. The predicted molar refractivity (Wildman–Crippen MR) is 201 cm³/mol. The molecule has 13 heteroatoms. The van der Waals surface area contributed by atoms with Gasteiger partial charge in [0.05, 0.1) is 37.3 Å². The number of pyridine rings is 1. The van der Waals surface area contributed by atoms with Gasteiger partial charge < -0.3 is 33.9 Å². The van der Waals surface area contributed by atoms with Crippen molar-refractivity contribution in [2.45, 2.75) is 117 Å². The number of hydrogen-bond acceptors (Lipinski definition) is 10. The van der Waals surface area contributed by atoms with Gasteiger partial charge in [-0.3, -0.25) is 19.6 Å². The Morgan fingerprint density at radius 1 is 1.13 bits per heavy atom. The second kappa shape index (κ2) is 16.5. The van der Waals surface area contributed by atoms with Gasteiger partial charge in [0.15, 0.2) is 0 Å². The monoisotopic (exact) mass is 735 g/mol. The minimum Gasteiger partial charge on any atom is -0.468 e. The summed E-state index contributed by atoms with van der Waals surface area (Å²) in [5, 5.41) is 15.5. The molecule has 0 unspecified atom stereocenters. The van der Waals surface area contributed by atoms with E-state index in [4.69, 9.17) is 23.9 Å². The van der Waals surface area contributed by atoms with Crippen LogP contribution in [0.15, 0.2) is 36.5 Å². The molecule has 0 bridgehead atoms. The van der Waals surface area contributed by atoms with E-state index in [1.165, 1.54) is 12.1 Å². The summed E-state index contributed by atoms with van der Waals surface area (Å²) in [6, 6.07) is 8.88. The molecule has 0 radical (unpaired) electrons. The molecule has 5 atom stereocenters. The SMILES string of the molecule is CCn1c(-c2cccnc2[C@H](C)OC)c(CC(C)(C)CO)c2cc([C@@H]3C[C@H]3OC[C@H](NC(=O)OC(C)(C)C)C(=O)N3CCC[C@@H](C(=O)OC)N3)ccc21. The highest BCUT2D eigenvalue weighted by atomic mass is 16.6. The van der Waals surface area contributed by atoms with Crippen molar-refractivity contribution in [3.05, 3.63) is 53.3 Å². The average Bonchev–Trinajstić information content (AvgIpc) is 3.86. The van der Waals surface area contributed by atoms with Crippen molar-refractivity contribution >= 4 is 28.9 Å². The summed E-state index contributed by atoms with van der Waals surface area (Å²) in [4.78, 5) is 43.6. The molecule has 1 aliphatic heterocycles. The fourth-order valence-corrected chi connectivity index (χ4v) is 7.07. The van der Waals surface area contributed by atoms with Crippen LogP contribution in [0.3, 0.4) is 0 Å². The molecule has 0 spiro atoms. The van der Waals surface area contributed by atoms with Gasteiger partial charge in [-0.25, -0.2) is 10.2 Å². The molecular weight excluding hydrogens is 678 g/mol. The normalized spacial score (nSPS) is 20.2. The Hall–Kier alpha value is -4.04. The highest BCUT2D eigenvalue weighted by Gasteiger charge is 2.42. The molecule has 1 saturated carbocycles. The number of ether oxygens (including phenoxy) is 4. The molecule has 3 aromatic rings. The number of esters is 1. The van der Waals surface area contributed by atoms with Crippen LogP contribution in [-0.2, 0) is 41.5 Å². The standard InChI is InChI=1S/C40H57N5O8/c1-10-44-32-16-15-25(19-28(32)29(21-40(6,7)23-46)35(44)26-13-11-17-41-34(26)24(2)50-8)27-20-33(27)52-22-31(42-38(49)53-39(3,4)5)36(47)45-18-12-14-30(43-45)37(48)51-9/h11,13,15-17,19,24,27,30-31,33,43,46H,10,12,14,18,20-23H2,1-9H3,(H,42,49)/t24-,27-,30-,31-,33+/m0/s1. The topological polar surface area (TPSA) is 153 Å². The first-order valence-corrected chi connectivity index (χ1v) is 18.6. The molecule has 2 amide bonds. The maximum atomic E-state index is 13.8. The Morgan fingerprint density at radius 3 is 2.55 bits per heavy atom. The largest absolute Gasteiger partial charge is 0.468 e. The molecule has 1 saturated heterocycles. The van der Waals surface area contributed by atoms with Crippen molar-refractivity contribution in [2.24, 2.45) is 5.41 Å². The van der Waals surface area contributed by atoms with Gasteiger partial charge in [-0.1, -0.05) is 19.9 Å². The number of carbonyl (C=O) groups is 3. The first-order chi connectivity index (χ1) is 25.1. The lowest BCUT2D eigenvalue weighted by Crippen LogP contribution is -2.61. The van der Waals surface area contributed by atoms with Gasteiger partial charge in [-0.2, -0.15) is 0 Å². The third-order valence-corrected chi connectivity index (χ3v) is 9.99. The minimum absolute atomic E-state index is 0.0331. The molecule has 2 fully saturated rings. The molecule has 3 heterocycles. The van der Waals surface area contributed by atoms with Crippen LogP contribution in [0.5, 0.6) is 0 Å². The number of amides is 2. The second-order valence-corrected chi connectivity index (χ2v) is 15.9. The molecular formula is C40H57N5O8. The van der Waals surface area contributed by atoms with E-state index in [0.717, 1.165) is 51.9 Å². The van der Waals surface area contributed by atoms with Gasteiger partial charge in [0.2, 0.25) is 0 Å². The number of aryl methyl sites for hydroxylation is 1. The van der Waals surface area contributed by atoms with Crippen LogP contribution in [0.25, 0.3) is 22.2 Å². The lowest BCUT2D eigenvalue weighted by Gasteiger charge is -2.35. The molecule has 2 aliphatic rings. The Bertz CT molecular complexity index is 1780. The van der Waals surface area contributed by atoms with Crippen molar-refractivity contribution in [2.75, 3.05) is 34.0 Å². The average molecular weight is 736 g/mol. The summed E-state index contributed by atoms with van der Waals surface area (Å²) in [6.45, 7) is 14.6. The van der Waals surface area contributed by atoms with Crippen LogP contribution in [-0.4, -0.2) is 95.4 Å². The van der Waals surface area contributed by atoms with Gasteiger partial charge >= 0.3 is 12.1 Å². The van der Waals surface area contributed by atoms with Crippen LogP contribution in [0.1, 0.15) is 96.6 Å². The minimum atomic E-state index is -1.05. The second-order valence-electron chi connectivity index (χ2n) is 15.9. The Kier molecular flexibility index (Phi) is 12.5. The first kappa shape index (κ1) is 40.2. The van der Waals surface area contributed by atoms with Crippen LogP contribution in [0, 0.1) is 5.41 Å². The van der Waals surface area contributed by atoms with Gasteiger partial charge in [0.25, 0.3) is 5.91 Å². The zero-order chi connectivity index (χ0) is 38.7. The van der Waals surface area contributed by atoms with Crippen molar-refractivity contribution in [3.63, 3.8) is 0 Å². The van der Waals surface area contributed by atoms with E-state index in [2.05, 4.69) is 60.3 Å². The van der Waals surface area contributed by atoms with E-state index in [1.54, 1.807) is 34.1 Å². The number of nitrogens with zero attached hydrogens (tertiary/aromatic N) is 3. The number of hydrogen-bond donors (Lipinski definition) is 3. The summed E-state index contributed by atoms with van der Waals surface area (Å²) in [5.41, 5.74) is 8.11. The lowest BCUT2D eigenvalue weighted by molar-refractivity contribution is -0.150. The van der Waals surface area contributed by atoms with E-state index >= 15 is 0 Å².